The monoisotopic (exact) mass is 509 g/mol. The van der Waals surface area contributed by atoms with Crippen molar-refractivity contribution in [1.82, 2.24) is 9.78 Å². The summed E-state index contributed by atoms with van der Waals surface area (Å²) in [5.74, 6) is 3.05. The summed E-state index contributed by atoms with van der Waals surface area (Å²) in [6.45, 7) is 10.3. The van der Waals surface area contributed by atoms with Crippen molar-refractivity contribution < 1.29 is 14.6 Å². The summed E-state index contributed by atoms with van der Waals surface area (Å²) in [6.07, 6.45) is 13.8. The van der Waals surface area contributed by atoms with Crippen LogP contribution in [-0.4, -0.2) is 32.9 Å². The number of rotatable bonds is 8. The van der Waals surface area contributed by atoms with Crippen LogP contribution in [0.3, 0.4) is 0 Å². The second kappa shape index (κ2) is 10.1. The molecule has 0 radical (unpaired) electrons. The second-order valence-electron chi connectivity index (χ2n) is 13.7. The molecule has 0 aromatic carbocycles. The lowest BCUT2D eigenvalue weighted by Gasteiger charge is -2.61. The van der Waals surface area contributed by atoms with Gasteiger partial charge in [0.2, 0.25) is 0 Å². The minimum absolute atomic E-state index is 0.0684. The van der Waals surface area contributed by atoms with Gasteiger partial charge in [0, 0.05) is 18.7 Å². The molecule has 1 N–H and O–H groups in total. The maximum Gasteiger partial charge on any atom is 0.157 e. The number of unbranched alkanes of at least 4 members (excludes halogenated alkanes) is 1. The number of hydrogen-bond donors (Lipinski definition) is 1. The van der Waals surface area contributed by atoms with E-state index in [-0.39, 0.29) is 23.7 Å². The average molecular weight is 510 g/mol. The lowest BCUT2D eigenvalue weighted by molar-refractivity contribution is -0.151. The fourth-order valence-electron chi connectivity index (χ4n) is 9.39. The lowest BCUT2D eigenvalue weighted by atomic mass is 9.44. The maximum atomic E-state index is 13.7. The predicted molar refractivity (Wildman–Crippen MR) is 142 cm³/mol. The topological polar surface area (TPSA) is 88.1 Å². The minimum atomic E-state index is -0.496. The Labute approximate surface area is 223 Å². The molecular weight excluding hydrogens is 462 g/mol. The Morgan fingerprint density at radius 3 is 2.68 bits per heavy atom. The zero-order valence-corrected chi connectivity index (χ0v) is 23.5. The molecule has 204 valence electrons. The summed E-state index contributed by atoms with van der Waals surface area (Å²) in [4.78, 5) is 13.7. The molecule has 37 heavy (non-hydrogen) atoms. The van der Waals surface area contributed by atoms with E-state index in [0.717, 1.165) is 57.3 Å². The Hall–Kier alpha value is -1.71. The number of aromatic nitrogens is 2. The summed E-state index contributed by atoms with van der Waals surface area (Å²) < 4.78 is 7.37. The lowest BCUT2D eigenvalue weighted by Crippen LogP contribution is -2.55. The highest BCUT2D eigenvalue weighted by Crippen LogP contribution is 2.68. The van der Waals surface area contributed by atoms with Crippen molar-refractivity contribution in [3.8, 4) is 6.07 Å². The molecule has 0 unspecified atom stereocenters. The summed E-state index contributed by atoms with van der Waals surface area (Å²) in [5, 5.41) is 24.9. The van der Waals surface area contributed by atoms with Crippen molar-refractivity contribution in [2.24, 2.45) is 40.4 Å². The smallest absolute Gasteiger partial charge is 0.157 e. The number of aliphatic hydroxyl groups is 1. The van der Waals surface area contributed by atoms with Crippen molar-refractivity contribution in [3.05, 3.63) is 17.5 Å². The van der Waals surface area contributed by atoms with Gasteiger partial charge in [0.25, 0.3) is 0 Å². The van der Waals surface area contributed by atoms with Gasteiger partial charge in [-0.05, 0) is 106 Å². The molecule has 0 spiro atoms. The van der Waals surface area contributed by atoms with Gasteiger partial charge in [0.15, 0.2) is 5.78 Å². The number of fused-ring (bicyclic) bond motifs is 5. The normalized spacial score (nSPS) is 40.9. The van der Waals surface area contributed by atoms with Crippen molar-refractivity contribution in [3.63, 3.8) is 0 Å². The van der Waals surface area contributed by atoms with Gasteiger partial charge in [0.05, 0.1) is 24.3 Å². The standard InChI is InChI=1S/C31H47N3O3/c1-5-6-15-37-20-27-21(17-32)18-34(33-27)19-28(35)26-10-9-24-23-8-7-22-16-29(2,36)13-14-30(22,3)25(23)11-12-31(24,26)4/h18,22-26,36H,5-16,19-20H2,1-4H3/t22-,23+,24+,25+,26-,29-,30+,31+/m1/s1. The molecule has 0 amide bonds. The molecule has 1 heterocycles. The van der Waals surface area contributed by atoms with E-state index in [1.165, 1.54) is 19.3 Å². The van der Waals surface area contributed by atoms with Crippen LogP contribution in [0.2, 0.25) is 0 Å². The predicted octanol–water partition coefficient (Wildman–Crippen LogP) is 6.05. The largest absolute Gasteiger partial charge is 0.390 e. The number of nitriles is 1. The first-order chi connectivity index (χ1) is 17.6. The molecule has 4 aliphatic rings. The third kappa shape index (κ3) is 4.80. The summed E-state index contributed by atoms with van der Waals surface area (Å²) in [5.41, 5.74) is 1.06. The van der Waals surface area contributed by atoms with Gasteiger partial charge >= 0.3 is 0 Å². The van der Waals surface area contributed by atoms with Crippen LogP contribution < -0.4 is 0 Å². The minimum Gasteiger partial charge on any atom is -0.390 e. The fraction of sp³-hybridized carbons (Fsp3) is 0.839. The number of hydrogen-bond acceptors (Lipinski definition) is 5. The van der Waals surface area contributed by atoms with Gasteiger partial charge in [-0.2, -0.15) is 10.4 Å². The van der Waals surface area contributed by atoms with Crippen LogP contribution in [0.15, 0.2) is 6.20 Å². The van der Waals surface area contributed by atoms with Crippen LogP contribution in [0.25, 0.3) is 0 Å². The molecule has 1 aromatic rings. The van der Waals surface area contributed by atoms with Crippen molar-refractivity contribution in [2.75, 3.05) is 6.61 Å². The van der Waals surface area contributed by atoms with Crippen LogP contribution in [-0.2, 0) is 22.7 Å². The average Bonchev–Trinajstić information content (AvgIpc) is 3.42. The first-order valence-electron chi connectivity index (χ1n) is 14.9. The van der Waals surface area contributed by atoms with Crippen LogP contribution in [0, 0.1) is 51.8 Å². The molecule has 4 fully saturated rings. The third-order valence-corrected chi connectivity index (χ3v) is 11.5. The van der Waals surface area contributed by atoms with Crippen LogP contribution in [0.5, 0.6) is 0 Å². The highest BCUT2D eigenvalue weighted by molar-refractivity contribution is 5.82. The first kappa shape index (κ1) is 26.9. The Bertz CT molecular complexity index is 1040. The molecule has 6 nitrogen and oxygen atoms in total. The highest BCUT2D eigenvalue weighted by Gasteiger charge is 2.61. The zero-order chi connectivity index (χ0) is 26.4. The summed E-state index contributed by atoms with van der Waals surface area (Å²) >= 11 is 0. The Kier molecular flexibility index (Phi) is 7.35. The van der Waals surface area contributed by atoms with Crippen LogP contribution >= 0.6 is 0 Å². The maximum absolute atomic E-state index is 13.7. The molecular formula is C31H47N3O3. The Morgan fingerprint density at radius 1 is 1.14 bits per heavy atom. The highest BCUT2D eigenvalue weighted by atomic mass is 16.5. The second-order valence-corrected chi connectivity index (χ2v) is 13.7. The number of Topliss-reactive ketones (excluding diaryl/α,β-unsaturated/α-hetero) is 1. The Balaban J connectivity index is 1.27. The van der Waals surface area contributed by atoms with Gasteiger partial charge in [-0.15, -0.1) is 0 Å². The molecule has 8 atom stereocenters. The van der Waals surface area contributed by atoms with E-state index in [4.69, 9.17) is 4.74 Å². The molecule has 6 heteroatoms. The van der Waals surface area contributed by atoms with E-state index in [2.05, 4.69) is 31.9 Å². The molecule has 0 saturated heterocycles. The molecule has 4 saturated carbocycles. The molecule has 1 aromatic heterocycles. The molecule has 0 bridgehead atoms. The molecule has 4 aliphatic carbocycles. The SMILES string of the molecule is CCCCOCc1nn(CC(=O)[C@H]2CC[C@H]3[C@@H]4CC[C@@H]5C[C@](C)(O)CC[C@]5(C)[C@H]4CC[C@]23C)cc1C#N. The van der Waals surface area contributed by atoms with Crippen LogP contribution in [0.1, 0.15) is 110 Å². The zero-order valence-electron chi connectivity index (χ0n) is 23.5. The van der Waals surface area contributed by atoms with Gasteiger partial charge < -0.3 is 9.84 Å². The van der Waals surface area contributed by atoms with Crippen molar-refractivity contribution in [1.29, 1.82) is 5.26 Å². The third-order valence-electron chi connectivity index (χ3n) is 11.5. The summed E-state index contributed by atoms with van der Waals surface area (Å²) in [7, 11) is 0. The van der Waals surface area contributed by atoms with E-state index in [1.807, 2.05) is 6.92 Å². The van der Waals surface area contributed by atoms with Gasteiger partial charge in [-0.1, -0.05) is 27.2 Å². The number of ether oxygens (including phenoxy) is 1. The molecule has 0 aliphatic heterocycles. The number of ketones is 1. The van der Waals surface area contributed by atoms with Crippen LogP contribution in [0.4, 0.5) is 0 Å². The van der Waals surface area contributed by atoms with Crippen molar-refractivity contribution in [2.45, 2.75) is 117 Å². The van der Waals surface area contributed by atoms with Crippen molar-refractivity contribution >= 4 is 5.78 Å². The summed E-state index contributed by atoms with van der Waals surface area (Å²) in [6, 6.07) is 2.22. The van der Waals surface area contributed by atoms with E-state index >= 15 is 0 Å². The fourth-order valence-corrected chi connectivity index (χ4v) is 9.39. The number of carbonyl (C=O) groups is 1. The van der Waals surface area contributed by atoms with E-state index in [1.54, 1.807) is 10.9 Å². The quantitative estimate of drug-likeness (QED) is 0.431. The van der Waals surface area contributed by atoms with Gasteiger partial charge in [-0.25, -0.2) is 0 Å². The van der Waals surface area contributed by atoms with Gasteiger partial charge in [-0.3, -0.25) is 9.48 Å². The van der Waals surface area contributed by atoms with Gasteiger partial charge in [0.1, 0.15) is 11.8 Å². The van der Waals surface area contributed by atoms with E-state index in [0.29, 0.717) is 47.6 Å². The first-order valence-corrected chi connectivity index (χ1v) is 14.9. The number of carbonyl (C=O) groups excluding carboxylic acids is 1. The number of nitrogens with zero attached hydrogens (tertiary/aromatic N) is 3. The Morgan fingerprint density at radius 2 is 1.92 bits per heavy atom. The van der Waals surface area contributed by atoms with E-state index in [9.17, 15) is 15.2 Å². The molecule has 5 rings (SSSR count). The van der Waals surface area contributed by atoms with E-state index < -0.39 is 5.60 Å².